The van der Waals surface area contributed by atoms with Gasteiger partial charge in [-0.3, -0.25) is 14.5 Å². The minimum absolute atomic E-state index is 0.105. The number of carbonyl (C=O) groups is 2. The third-order valence-electron chi connectivity index (χ3n) is 6.02. The summed E-state index contributed by atoms with van der Waals surface area (Å²) < 4.78 is 50.4. The maximum absolute atomic E-state index is 13.3. The van der Waals surface area contributed by atoms with Crippen molar-refractivity contribution in [2.75, 3.05) is 45.7 Å². The van der Waals surface area contributed by atoms with Crippen molar-refractivity contribution in [3.05, 3.63) is 23.8 Å². The number of fused-ring (bicyclic) bond motifs is 1. The van der Waals surface area contributed by atoms with Gasteiger partial charge in [-0.25, -0.2) is 0 Å². The van der Waals surface area contributed by atoms with Crippen molar-refractivity contribution in [2.24, 2.45) is 5.92 Å². The molecule has 7 nitrogen and oxygen atoms in total. The van der Waals surface area contributed by atoms with E-state index in [1.807, 2.05) is 20.8 Å². The number of rotatable bonds is 6. The predicted octanol–water partition coefficient (Wildman–Crippen LogP) is 4.18. The molecule has 0 saturated heterocycles. The molecule has 2 amide bonds. The lowest BCUT2D eigenvalue weighted by atomic mass is 10.0. The van der Waals surface area contributed by atoms with Crippen molar-refractivity contribution < 1.29 is 32.2 Å². The number of hydrogen-bond donors (Lipinski definition) is 1. The highest BCUT2D eigenvalue weighted by molar-refractivity contribution is 5.99. The zero-order valence-corrected chi connectivity index (χ0v) is 20.6. The quantitative estimate of drug-likeness (QED) is 0.652. The van der Waals surface area contributed by atoms with Crippen molar-refractivity contribution in [3.8, 4) is 5.75 Å². The fraction of sp³-hybridized carbons (Fsp3) is 0.667. The van der Waals surface area contributed by atoms with Crippen LogP contribution in [0.4, 0.5) is 18.9 Å². The molecule has 34 heavy (non-hydrogen) atoms. The summed E-state index contributed by atoms with van der Waals surface area (Å²) in [7, 11) is 3.18. The maximum Gasteiger partial charge on any atom is 0.390 e. The molecule has 0 bridgehead atoms. The van der Waals surface area contributed by atoms with E-state index < -0.39 is 12.6 Å². The van der Waals surface area contributed by atoms with Gasteiger partial charge in [0.05, 0.1) is 18.1 Å². The summed E-state index contributed by atoms with van der Waals surface area (Å²) in [5.41, 5.74) is 0.750. The van der Waals surface area contributed by atoms with Crippen LogP contribution < -0.4 is 10.1 Å². The predicted molar refractivity (Wildman–Crippen MR) is 124 cm³/mol. The largest absolute Gasteiger partial charge is 0.491 e. The van der Waals surface area contributed by atoms with E-state index >= 15 is 0 Å². The van der Waals surface area contributed by atoms with Gasteiger partial charge >= 0.3 is 6.18 Å². The van der Waals surface area contributed by atoms with E-state index in [1.54, 1.807) is 30.1 Å². The van der Waals surface area contributed by atoms with Crippen LogP contribution in [-0.4, -0.2) is 80.3 Å². The zero-order chi connectivity index (χ0) is 25.5. The van der Waals surface area contributed by atoms with Gasteiger partial charge in [-0.2, -0.15) is 13.2 Å². The molecule has 10 heteroatoms. The molecule has 1 aromatic carbocycles. The number of nitrogens with zero attached hydrogens (tertiary/aromatic N) is 2. The summed E-state index contributed by atoms with van der Waals surface area (Å²) >= 11 is 0. The zero-order valence-electron chi connectivity index (χ0n) is 20.6. The Hall–Kier alpha value is -2.33. The van der Waals surface area contributed by atoms with Crippen LogP contribution in [0.5, 0.6) is 5.75 Å². The SMILES string of the molecule is CCCC(=O)Nc1ccc2c(c1)C(=O)N(C)C[C@H](OC)[C@H](C)CN(CCC(F)(F)F)[C@@H](C)CO2. The van der Waals surface area contributed by atoms with E-state index in [9.17, 15) is 22.8 Å². The van der Waals surface area contributed by atoms with Gasteiger partial charge in [-0.15, -0.1) is 0 Å². The Labute approximate surface area is 199 Å². The van der Waals surface area contributed by atoms with Gasteiger partial charge in [-0.1, -0.05) is 13.8 Å². The lowest BCUT2D eigenvalue weighted by Crippen LogP contribution is -2.47. The van der Waals surface area contributed by atoms with E-state index in [0.29, 0.717) is 30.8 Å². The van der Waals surface area contributed by atoms with Crippen LogP contribution in [0.15, 0.2) is 18.2 Å². The molecule has 0 aliphatic carbocycles. The van der Waals surface area contributed by atoms with Crippen molar-refractivity contribution in [2.45, 2.75) is 58.4 Å². The minimum atomic E-state index is -4.26. The number of likely N-dealkylation sites (N-methyl/N-ethyl adjacent to an activating group) is 1. The smallest absolute Gasteiger partial charge is 0.390 e. The second-order valence-electron chi connectivity index (χ2n) is 8.97. The third kappa shape index (κ3) is 8.16. The fourth-order valence-corrected chi connectivity index (χ4v) is 3.96. The summed E-state index contributed by atoms with van der Waals surface area (Å²) in [4.78, 5) is 28.6. The normalized spacial score (nSPS) is 22.9. The summed E-state index contributed by atoms with van der Waals surface area (Å²) in [6.07, 6.45) is -4.49. The fourth-order valence-electron chi connectivity index (χ4n) is 3.96. The number of hydrogen-bond acceptors (Lipinski definition) is 5. The molecule has 0 unspecified atom stereocenters. The number of ether oxygens (including phenoxy) is 2. The standard InChI is InChI=1S/C24H36F3N3O4/c1-6-7-22(31)28-18-8-9-20-19(12-18)23(32)29(4)14-21(33-5)16(2)13-30(17(3)15-34-20)11-10-24(25,26)27/h8-9,12,16-17,21H,6-7,10-11,13-15H2,1-5H3,(H,28,31)/t16-,17+,21+/m1/s1. The lowest BCUT2D eigenvalue weighted by molar-refractivity contribution is -0.140. The van der Waals surface area contributed by atoms with Crippen molar-refractivity contribution >= 4 is 17.5 Å². The first-order valence-corrected chi connectivity index (χ1v) is 11.6. The molecule has 0 spiro atoms. The number of alkyl halides is 3. The highest BCUT2D eigenvalue weighted by Gasteiger charge is 2.32. The molecular formula is C24H36F3N3O4. The molecule has 0 fully saturated rings. The Bertz CT molecular complexity index is 834. The number of carbonyl (C=O) groups excluding carboxylic acids is 2. The maximum atomic E-state index is 13.3. The monoisotopic (exact) mass is 487 g/mol. The lowest BCUT2D eigenvalue weighted by Gasteiger charge is -2.36. The topological polar surface area (TPSA) is 71.1 Å². The highest BCUT2D eigenvalue weighted by atomic mass is 19.4. The first-order valence-electron chi connectivity index (χ1n) is 11.6. The van der Waals surface area contributed by atoms with Crippen LogP contribution in [0.25, 0.3) is 0 Å². The molecule has 192 valence electrons. The molecule has 1 N–H and O–H groups in total. The van der Waals surface area contributed by atoms with E-state index in [0.717, 1.165) is 0 Å². The Morgan fingerprint density at radius 1 is 1.26 bits per heavy atom. The molecule has 0 radical (unpaired) electrons. The van der Waals surface area contributed by atoms with Gasteiger partial charge in [0.1, 0.15) is 12.4 Å². The summed E-state index contributed by atoms with van der Waals surface area (Å²) in [6.45, 7) is 6.19. The number of methoxy groups -OCH3 is 1. The van der Waals surface area contributed by atoms with Crippen molar-refractivity contribution in [1.82, 2.24) is 9.80 Å². The van der Waals surface area contributed by atoms with Gasteiger partial charge in [-0.05, 0) is 37.5 Å². The van der Waals surface area contributed by atoms with Gasteiger partial charge < -0.3 is 19.7 Å². The average Bonchev–Trinajstić information content (AvgIpc) is 2.77. The van der Waals surface area contributed by atoms with Crippen LogP contribution >= 0.6 is 0 Å². The second kappa shape index (κ2) is 12.4. The Balaban J connectivity index is 2.37. The Morgan fingerprint density at radius 3 is 2.59 bits per heavy atom. The molecule has 1 aromatic rings. The molecule has 3 atom stereocenters. The van der Waals surface area contributed by atoms with Crippen LogP contribution in [-0.2, 0) is 9.53 Å². The van der Waals surface area contributed by atoms with Gasteiger partial charge in [0.15, 0.2) is 0 Å². The Morgan fingerprint density at radius 2 is 1.97 bits per heavy atom. The summed E-state index contributed by atoms with van der Waals surface area (Å²) in [6, 6.07) is 4.51. The molecule has 1 aliphatic heterocycles. The number of anilines is 1. The van der Waals surface area contributed by atoms with Crippen LogP contribution in [0.3, 0.4) is 0 Å². The highest BCUT2D eigenvalue weighted by Crippen LogP contribution is 2.27. The number of nitrogens with one attached hydrogen (secondary N) is 1. The first-order chi connectivity index (χ1) is 15.9. The molecule has 0 aromatic heterocycles. The first kappa shape index (κ1) is 27.9. The number of amides is 2. The second-order valence-corrected chi connectivity index (χ2v) is 8.97. The molecular weight excluding hydrogens is 451 g/mol. The number of halogens is 3. The number of benzene rings is 1. The van der Waals surface area contributed by atoms with E-state index in [-0.39, 0.29) is 55.1 Å². The average molecular weight is 488 g/mol. The molecule has 1 heterocycles. The van der Waals surface area contributed by atoms with Gasteiger partial charge in [0.2, 0.25) is 5.91 Å². The Kier molecular flexibility index (Phi) is 10.2. The van der Waals surface area contributed by atoms with Gasteiger partial charge in [0, 0.05) is 51.9 Å². The molecule has 1 aliphatic rings. The van der Waals surface area contributed by atoms with Crippen molar-refractivity contribution in [1.29, 1.82) is 0 Å². The third-order valence-corrected chi connectivity index (χ3v) is 6.02. The van der Waals surface area contributed by atoms with Gasteiger partial charge in [0.25, 0.3) is 5.91 Å². The van der Waals surface area contributed by atoms with Crippen molar-refractivity contribution in [3.63, 3.8) is 0 Å². The molecule has 2 rings (SSSR count). The minimum Gasteiger partial charge on any atom is -0.491 e. The molecule has 0 saturated carbocycles. The van der Waals surface area contributed by atoms with E-state index in [1.165, 1.54) is 12.0 Å². The van der Waals surface area contributed by atoms with Crippen LogP contribution in [0.1, 0.15) is 50.4 Å². The van der Waals surface area contributed by atoms with Crippen LogP contribution in [0.2, 0.25) is 0 Å². The summed E-state index contributed by atoms with van der Waals surface area (Å²) in [5, 5.41) is 2.78. The van der Waals surface area contributed by atoms with E-state index in [2.05, 4.69) is 5.32 Å². The van der Waals surface area contributed by atoms with E-state index in [4.69, 9.17) is 9.47 Å². The van der Waals surface area contributed by atoms with Crippen LogP contribution in [0, 0.1) is 5.92 Å². The summed E-state index contributed by atoms with van der Waals surface area (Å²) in [5.74, 6) is -0.262.